The fourth-order valence-electron chi connectivity index (χ4n) is 2.67. The maximum Gasteiger partial charge on any atom is 0.319 e. The Kier molecular flexibility index (Phi) is 8.67. The number of amides is 3. The molecule has 2 rings (SSSR count). The molecule has 0 fully saturated rings. The fourth-order valence-corrected chi connectivity index (χ4v) is 2.67. The van der Waals surface area contributed by atoms with Crippen molar-refractivity contribution in [3.05, 3.63) is 65.2 Å². The van der Waals surface area contributed by atoms with Crippen LogP contribution < -0.4 is 16.0 Å². The van der Waals surface area contributed by atoms with E-state index in [1.54, 1.807) is 42.5 Å². The first-order valence-corrected chi connectivity index (χ1v) is 9.55. The van der Waals surface area contributed by atoms with Crippen LogP contribution in [0, 0.1) is 11.3 Å². The number of nitrogens with zero attached hydrogens (tertiary/aromatic N) is 2. The van der Waals surface area contributed by atoms with E-state index in [1.165, 1.54) is 0 Å². The highest BCUT2D eigenvalue weighted by atomic mass is 16.2. The third kappa shape index (κ3) is 8.03. The molecule has 3 amide bonds. The molecule has 7 heteroatoms. The minimum Gasteiger partial charge on any atom is -0.352 e. The Balaban J connectivity index is 1.78. The molecule has 0 heterocycles. The summed E-state index contributed by atoms with van der Waals surface area (Å²) in [4.78, 5) is 26.4. The Morgan fingerprint density at radius 1 is 1.03 bits per heavy atom. The zero-order chi connectivity index (χ0) is 21.1. The second-order valence-electron chi connectivity index (χ2n) is 6.96. The highest BCUT2D eigenvalue weighted by Gasteiger charge is 2.07. The summed E-state index contributed by atoms with van der Waals surface area (Å²) in [6.07, 6.45) is 1.96. The van der Waals surface area contributed by atoms with Gasteiger partial charge in [-0.25, -0.2) is 4.79 Å². The van der Waals surface area contributed by atoms with Crippen LogP contribution in [0.3, 0.4) is 0 Å². The molecule has 0 saturated carbocycles. The molecular formula is C22H27N5O2. The minimum atomic E-state index is -0.356. The maximum absolute atomic E-state index is 12.3. The number of unbranched alkanes of at least 4 members (excludes halogenated alkanes) is 1. The minimum absolute atomic E-state index is 0.112. The fraction of sp³-hybridized carbons (Fsp3) is 0.318. The van der Waals surface area contributed by atoms with Gasteiger partial charge in [-0.2, -0.15) is 5.26 Å². The van der Waals surface area contributed by atoms with E-state index in [-0.39, 0.29) is 11.9 Å². The number of anilines is 1. The monoisotopic (exact) mass is 393 g/mol. The lowest BCUT2D eigenvalue weighted by molar-refractivity contribution is 0.0952. The van der Waals surface area contributed by atoms with Gasteiger partial charge < -0.3 is 20.9 Å². The van der Waals surface area contributed by atoms with Crippen molar-refractivity contribution in [2.45, 2.75) is 19.4 Å². The first-order chi connectivity index (χ1) is 14.0. The molecule has 2 aromatic rings. The predicted molar refractivity (Wildman–Crippen MR) is 114 cm³/mol. The van der Waals surface area contributed by atoms with E-state index in [0.717, 1.165) is 24.9 Å². The van der Waals surface area contributed by atoms with Gasteiger partial charge in [0.15, 0.2) is 0 Å². The van der Waals surface area contributed by atoms with E-state index in [1.807, 2.05) is 26.2 Å². The molecule has 0 aromatic heterocycles. The maximum atomic E-state index is 12.3. The molecule has 3 N–H and O–H groups in total. The van der Waals surface area contributed by atoms with Crippen molar-refractivity contribution in [3.63, 3.8) is 0 Å². The van der Waals surface area contributed by atoms with Gasteiger partial charge in [-0.15, -0.1) is 0 Å². The van der Waals surface area contributed by atoms with Crippen molar-refractivity contribution in [1.82, 2.24) is 15.5 Å². The van der Waals surface area contributed by atoms with Crippen LogP contribution in [0.4, 0.5) is 10.5 Å². The first kappa shape index (κ1) is 21.9. The van der Waals surface area contributed by atoms with Gasteiger partial charge in [0.1, 0.15) is 0 Å². The van der Waals surface area contributed by atoms with Crippen LogP contribution in [-0.2, 0) is 6.54 Å². The lowest BCUT2D eigenvalue weighted by Crippen LogP contribution is -2.28. The number of nitrogens with one attached hydrogen (secondary N) is 3. The van der Waals surface area contributed by atoms with Gasteiger partial charge in [0.05, 0.1) is 11.6 Å². The molecule has 0 aliphatic heterocycles. The van der Waals surface area contributed by atoms with Crippen LogP contribution in [0.5, 0.6) is 0 Å². The van der Waals surface area contributed by atoms with Crippen molar-refractivity contribution >= 4 is 17.6 Å². The zero-order valence-electron chi connectivity index (χ0n) is 16.9. The van der Waals surface area contributed by atoms with E-state index in [2.05, 4.69) is 20.9 Å². The summed E-state index contributed by atoms with van der Waals surface area (Å²) in [5.41, 5.74) is 2.54. The lowest BCUT2D eigenvalue weighted by atomic mass is 10.1. The van der Waals surface area contributed by atoms with E-state index in [0.29, 0.717) is 29.9 Å². The van der Waals surface area contributed by atoms with E-state index in [9.17, 15) is 9.59 Å². The molecule has 0 bridgehead atoms. The number of carbonyl (C=O) groups is 2. The van der Waals surface area contributed by atoms with Gasteiger partial charge >= 0.3 is 6.03 Å². The number of urea groups is 1. The molecule has 2 aromatic carbocycles. The van der Waals surface area contributed by atoms with E-state index >= 15 is 0 Å². The Labute approximate surface area is 171 Å². The largest absolute Gasteiger partial charge is 0.352 e. The highest BCUT2D eigenvalue weighted by molar-refractivity contribution is 5.94. The summed E-state index contributed by atoms with van der Waals surface area (Å²) in [5, 5.41) is 17.2. The van der Waals surface area contributed by atoms with E-state index in [4.69, 9.17) is 5.26 Å². The van der Waals surface area contributed by atoms with Crippen LogP contribution in [0.1, 0.15) is 34.3 Å². The summed E-state index contributed by atoms with van der Waals surface area (Å²) in [5.74, 6) is -0.112. The molecular weight excluding hydrogens is 366 g/mol. The Bertz CT molecular complexity index is 856. The highest BCUT2D eigenvalue weighted by Crippen LogP contribution is 2.09. The van der Waals surface area contributed by atoms with Gasteiger partial charge in [-0.05, 0) is 75.4 Å². The van der Waals surface area contributed by atoms with Crippen LogP contribution in [-0.4, -0.2) is 44.0 Å². The van der Waals surface area contributed by atoms with E-state index < -0.39 is 0 Å². The van der Waals surface area contributed by atoms with Crippen LogP contribution >= 0.6 is 0 Å². The number of hydrogen-bond donors (Lipinski definition) is 3. The summed E-state index contributed by atoms with van der Waals surface area (Å²) in [6.45, 7) is 1.94. The van der Waals surface area contributed by atoms with Gasteiger partial charge in [0.25, 0.3) is 5.91 Å². The summed E-state index contributed by atoms with van der Waals surface area (Å²) in [6, 6.07) is 15.5. The van der Waals surface area contributed by atoms with Crippen molar-refractivity contribution < 1.29 is 9.59 Å². The van der Waals surface area contributed by atoms with Crippen molar-refractivity contribution in [1.29, 1.82) is 5.26 Å². The van der Waals surface area contributed by atoms with Crippen molar-refractivity contribution in [3.8, 4) is 6.07 Å². The number of hydrogen-bond acceptors (Lipinski definition) is 4. The van der Waals surface area contributed by atoms with Crippen molar-refractivity contribution in [2.24, 2.45) is 0 Å². The predicted octanol–water partition coefficient (Wildman–Crippen LogP) is 2.95. The summed E-state index contributed by atoms with van der Waals surface area (Å²) >= 11 is 0. The lowest BCUT2D eigenvalue weighted by Gasteiger charge is -2.10. The SMILES string of the molecule is CN(C)CCCCNC(=O)c1cccc(CNC(=O)Nc2ccc(C#N)cc2)c1. The molecule has 152 valence electrons. The average Bonchev–Trinajstić information content (AvgIpc) is 2.72. The number of rotatable bonds is 9. The smallest absolute Gasteiger partial charge is 0.319 e. The van der Waals surface area contributed by atoms with Crippen LogP contribution in [0.2, 0.25) is 0 Å². The number of nitriles is 1. The molecule has 0 atom stereocenters. The quantitative estimate of drug-likeness (QED) is 0.571. The Morgan fingerprint density at radius 3 is 2.48 bits per heavy atom. The van der Waals surface area contributed by atoms with Crippen LogP contribution in [0.15, 0.2) is 48.5 Å². The molecule has 0 unspecified atom stereocenters. The molecule has 0 spiro atoms. The van der Waals surface area contributed by atoms with Crippen LogP contribution in [0.25, 0.3) is 0 Å². The molecule has 0 aliphatic carbocycles. The first-order valence-electron chi connectivity index (χ1n) is 9.55. The third-order valence-corrected chi connectivity index (χ3v) is 4.23. The zero-order valence-corrected chi connectivity index (χ0v) is 16.9. The number of carbonyl (C=O) groups excluding carboxylic acids is 2. The average molecular weight is 393 g/mol. The third-order valence-electron chi connectivity index (χ3n) is 4.23. The normalized spacial score (nSPS) is 10.3. The van der Waals surface area contributed by atoms with Gasteiger partial charge in [0, 0.05) is 24.3 Å². The molecule has 0 saturated heterocycles. The standard InChI is InChI=1S/C22H27N5O2/c1-27(2)13-4-3-12-24-21(28)19-7-5-6-18(14-19)16-25-22(29)26-20-10-8-17(15-23)9-11-20/h5-11,14H,3-4,12-13,16H2,1-2H3,(H,24,28)(H2,25,26,29). The summed E-state index contributed by atoms with van der Waals surface area (Å²) in [7, 11) is 4.06. The van der Waals surface area contributed by atoms with Gasteiger partial charge in [-0.1, -0.05) is 12.1 Å². The second-order valence-corrected chi connectivity index (χ2v) is 6.96. The Hall–Kier alpha value is -3.37. The van der Waals surface area contributed by atoms with Crippen molar-refractivity contribution in [2.75, 3.05) is 32.5 Å². The molecule has 29 heavy (non-hydrogen) atoms. The van der Waals surface area contributed by atoms with Gasteiger partial charge in [-0.3, -0.25) is 4.79 Å². The Morgan fingerprint density at radius 2 is 1.79 bits per heavy atom. The van der Waals surface area contributed by atoms with Gasteiger partial charge in [0.2, 0.25) is 0 Å². The second kappa shape index (κ2) is 11.5. The topological polar surface area (TPSA) is 97.3 Å². The molecule has 0 radical (unpaired) electrons. The summed E-state index contributed by atoms with van der Waals surface area (Å²) < 4.78 is 0. The molecule has 7 nitrogen and oxygen atoms in total. The number of benzene rings is 2. The molecule has 0 aliphatic rings.